The average Bonchev–Trinajstić information content (AvgIpc) is 2.65. The van der Waals surface area contributed by atoms with E-state index < -0.39 is 25.5 Å². The molecule has 0 spiro atoms. The fraction of sp³-hybridized carbons (Fsp3) is 0.667. The molecule has 1 heterocycles. The summed E-state index contributed by atoms with van der Waals surface area (Å²) in [5.74, 6) is -0.657. The molecule has 0 aliphatic heterocycles. The number of halogens is 2. The lowest BCUT2D eigenvalue weighted by atomic mass is 10.1. The maximum Gasteiger partial charge on any atom is 0.268 e. The second-order valence-electron chi connectivity index (χ2n) is 5.47. The lowest BCUT2D eigenvalue weighted by molar-refractivity contribution is 0.0514. The van der Waals surface area contributed by atoms with Crippen LogP contribution in [0.3, 0.4) is 0 Å². The summed E-state index contributed by atoms with van der Waals surface area (Å²) < 4.78 is 25.0. The van der Waals surface area contributed by atoms with E-state index in [2.05, 4.69) is 10.3 Å². The van der Waals surface area contributed by atoms with E-state index in [0.29, 0.717) is 5.13 Å². The molecule has 4 N–H and O–H groups in total. The van der Waals surface area contributed by atoms with Crippen molar-refractivity contribution in [1.29, 1.82) is 0 Å². The first-order valence-electron chi connectivity index (χ1n) is 6.37. The Hall–Kier alpha value is -1.48. The highest BCUT2D eigenvalue weighted by Crippen LogP contribution is 2.28. The standard InChI is InChI=1S/C12H20F2N4O2S/c1-12(2,3)17-11-16-9(15)8(21-11)10(20)18(4-5-19)6-7(13)14/h7,19H,4-6,15H2,1-3H3,(H,16,17). The number of hydrogen-bond acceptors (Lipinski definition) is 6. The molecule has 0 bridgehead atoms. The summed E-state index contributed by atoms with van der Waals surface area (Å²) in [6, 6.07) is 0. The number of hydrogen-bond donors (Lipinski definition) is 3. The van der Waals surface area contributed by atoms with Crippen molar-refractivity contribution in [1.82, 2.24) is 9.88 Å². The van der Waals surface area contributed by atoms with Gasteiger partial charge in [0.25, 0.3) is 12.3 Å². The smallest absolute Gasteiger partial charge is 0.268 e. The van der Waals surface area contributed by atoms with Crippen LogP contribution in [-0.2, 0) is 0 Å². The molecule has 0 atom stereocenters. The number of nitrogen functional groups attached to an aromatic ring is 1. The van der Waals surface area contributed by atoms with Crippen LogP contribution in [0.1, 0.15) is 30.4 Å². The van der Waals surface area contributed by atoms with Crippen molar-refractivity contribution >= 4 is 28.2 Å². The zero-order valence-corrected chi connectivity index (χ0v) is 13.0. The Balaban J connectivity index is 2.94. The van der Waals surface area contributed by atoms with Crippen LogP contribution in [0.25, 0.3) is 0 Å². The number of nitrogens with zero attached hydrogens (tertiary/aromatic N) is 2. The first kappa shape index (κ1) is 17.6. The van der Waals surface area contributed by atoms with Crippen LogP contribution in [-0.4, -0.2) is 52.6 Å². The first-order valence-corrected chi connectivity index (χ1v) is 7.18. The quantitative estimate of drug-likeness (QED) is 0.740. The predicted molar refractivity (Wildman–Crippen MR) is 78.9 cm³/mol. The van der Waals surface area contributed by atoms with E-state index in [1.54, 1.807) is 0 Å². The second-order valence-corrected chi connectivity index (χ2v) is 6.47. The van der Waals surface area contributed by atoms with Gasteiger partial charge in [-0.2, -0.15) is 0 Å². The number of carbonyl (C=O) groups excluding carboxylic acids is 1. The Morgan fingerprint density at radius 3 is 2.62 bits per heavy atom. The number of nitrogens with two attached hydrogens (primary N) is 1. The van der Waals surface area contributed by atoms with Gasteiger partial charge in [0.1, 0.15) is 10.7 Å². The largest absolute Gasteiger partial charge is 0.395 e. The van der Waals surface area contributed by atoms with Crippen LogP contribution in [0.15, 0.2) is 0 Å². The number of aliphatic hydroxyl groups excluding tert-OH is 1. The van der Waals surface area contributed by atoms with Gasteiger partial charge in [-0.1, -0.05) is 11.3 Å². The van der Waals surface area contributed by atoms with Gasteiger partial charge >= 0.3 is 0 Å². The van der Waals surface area contributed by atoms with Crippen LogP contribution in [0.5, 0.6) is 0 Å². The molecule has 0 aliphatic carbocycles. The van der Waals surface area contributed by atoms with Crippen LogP contribution < -0.4 is 11.1 Å². The number of thiazole rings is 1. The highest BCUT2D eigenvalue weighted by molar-refractivity contribution is 7.18. The maximum absolute atomic E-state index is 12.5. The summed E-state index contributed by atoms with van der Waals surface area (Å²) in [5, 5.41) is 12.4. The number of anilines is 2. The van der Waals surface area contributed by atoms with Gasteiger partial charge in [0.15, 0.2) is 5.13 Å². The Morgan fingerprint density at radius 2 is 2.14 bits per heavy atom. The third-order valence-electron chi connectivity index (χ3n) is 2.35. The van der Waals surface area contributed by atoms with Crippen molar-refractivity contribution in [3.05, 3.63) is 4.88 Å². The number of aliphatic hydroxyl groups is 1. The monoisotopic (exact) mass is 322 g/mol. The topological polar surface area (TPSA) is 91.5 Å². The SMILES string of the molecule is CC(C)(C)Nc1nc(N)c(C(=O)N(CCO)CC(F)F)s1. The van der Waals surface area contributed by atoms with Gasteiger partial charge in [-0.15, -0.1) is 0 Å². The van der Waals surface area contributed by atoms with E-state index in [1.807, 2.05) is 20.8 Å². The molecule has 1 amide bonds. The number of carbonyl (C=O) groups is 1. The molecule has 6 nitrogen and oxygen atoms in total. The van der Waals surface area contributed by atoms with E-state index in [0.717, 1.165) is 16.2 Å². The zero-order chi connectivity index (χ0) is 16.2. The molecular formula is C12H20F2N4O2S. The highest BCUT2D eigenvalue weighted by Gasteiger charge is 2.25. The van der Waals surface area contributed by atoms with E-state index in [-0.39, 0.29) is 22.8 Å². The summed E-state index contributed by atoms with van der Waals surface area (Å²) in [7, 11) is 0. The van der Waals surface area contributed by atoms with E-state index in [4.69, 9.17) is 10.8 Å². The molecule has 1 rings (SSSR count). The maximum atomic E-state index is 12.5. The molecule has 120 valence electrons. The molecule has 1 aromatic rings. The third kappa shape index (κ3) is 5.43. The number of rotatable bonds is 6. The molecule has 0 saturated heterocycles. The Labute approximate surface area is 126 Å². The Kier molecular flexibility index (Phi) is 5.85. The molecule has 0 unspecified atom stereocenters. The Bertz CT molecular complexity index is 488. The van der Waals surface area contributed by atoms with E-state index >= 15 is 0 Å². The highest BCUT2D eigenvalue weighted by atomic mass is 32.1. The number of alkyl halides is 2. The fourth-order valence-corrected chi connectivity index (χ4v) is 2.63. The summed E-state index contributed by atoms with van der Waals surface area (Å²) in [6.45, 7) is 4.43. The normalized spacial score (nSPS) is 11.8. The van der Waals surface area contributed by atoms with Gasteiger partial charge in [0.05, 0.1) is 13.2 Å². The number of amides is 1. The average molecular weight is 322 g/mol. The van der Waals surface area contributed by atoms with Crippen LogP contribution in [0, 0.1) is 0 Å². The minimum absolute atomic E-state index is 0.00560. The first-order chi connectivity index (χ1) is 9.64. The third-order valence-corrected chi connectivity index (χ3v) is 3.32. The van der Waals surface area contributed by atoms with Gasteiger partial charge in [-0.3, -0.25) is 4.79 Å². The second kappa shape index (κ2) is 6.99. The lowest BCUT2D eigenvalue weighted by Crippen LogP contribution is -2.37. The van der Waals surface area contributed by atoms with Crippen LogP contribution in [0.2, 0.25) is 0 Å². The van der Waals surface area contributed by atoms with Crippen molar-refractivity contribution < 1.29 is 18.7 Å². The Morgan fingerprint density at radius 1 is 1.52 bits per heavy atom. The van der Waals surface area contributed by atoms with Crippen molar-refractivity contribution in [2.45, 2.75) is 32.7 Å². The van der Waals surface area contributed by atoms with Crippen molar-refractivity contribution in [2.75, 3.05) is 30.7 Å². The summed E-state index contributed by atoms with van der Waals surface area (Å²) in [5.41, 5.74) is 5.42. The van der Waals surface area contributed by atoms with Gasteiger partial charge in [-0.05, 0) is 20.8 Å². The zero-order valence-electron chi connectivity index (χ0n) is 12.2. The molecule has 0 aromatic carbocycles. The molecule has 9 heteroatoms. The van der Waals surface area contributed by atoms with Crippen LogP contribution >= 0.6 is 11.3 Å². The van der Waals surface area contributed by atoms with Crippen molar-refractivity contribution in [3.63, 3.8) is 0 Å². The summed E-state index contributed by atoms with van der Waals surface area (Å²) in [4.78, 5) is 17.2. The summed E-state index contributed by atoms with van der Waals surface area (Å²) in [6.07, 6.45) is -2.68. The van der Waals surface area contributed by atoms with E-state index in [9.17, 15) is 13.6 Å². The van der Waals surface area contributed by atoms with Gasteiger partial charge in [0, 0.05) is 12.1 Å². The van der Waals surface area contributed by atoms with Gasteiger partial charge in [-0.25, -0.2) is 13.8 Å². The van der Waals surface area contributed by atoms with Gasteiger partial charge < -0.3 is 21.1 Å². The summed E-state index contributed by atoms with van der Waals surface area (Å²) >= 11 is 1.01. The fourth-order valence-electron chi connectivity index (χ4n) is 1.57. The molecule has 0 aliphatic rings. The molecule has 21 heavy (non-hydrogen) atoms. The molecule has 0 saturated carbocycles. The van der Waals surface area contributed by atoms with Crippen molar-refractivity contribution in [2.24, 2.45) is 0 Å². The number of nitrogens with one attached hydrogen (secondary N) is 1. The van der Waals surface area contributed by atoms with Gasteiger partial charge in [0.2, 0.25) is 0 Å². The molecule has 0 radical (unpaired) electrons. The number of aromatic nitrogens is 1. The van der Waals surface area contributed by atoms with E-state index in [1.165, 1.54) is 0 Å². The molecule has 1 aromatic heterocycles. The molecule has 0 fully saturated rings. The van der Waals surface area contributed by atoms with Crippen LogP contribution in [0.4, 0.5) is 19.7 Å². The minimum atomic E-state index is -2.68. The van der Waals surface area contributed by atoms with Crippen molar-refractivity contribution in [3.8, 4) is 0 Å². The molecular weight excluding hydrogens is 302 g/mol. The lowest BCUT2D eigenvalue weighted by Gasteiger charge is -2.20. The predicted octanol–water partition coefficient (Wildman–Crippen LogP) is 1.64. The minimum Gasteiger partial charge on any atom is -0.395 e.